The van der Waals surface area contributed by atoms with Crippen LogP contribution in [0.3, 0.4) is 0 Å². The molecule has 6 aliphatic rings. The fourth-order valence-electron chi connectivity index (χ4n) is 5.73. The van der Waals surface area contributed by atoms with Crippen molar-refractivity contribution in [1.82, 2.24) is 9.80 Å². The molecule has 0 N–H and O–H groups in total. The van der Waals surface area contributed by atoms with Crippen LogP contribution in [0.25, 0.3) is 0 Å². The van der Waals surface area contributed by atoms with Crippen LogP contribution in [0.15, 0.2) is 0 Å². The fourth-order valence-corrected chi connectivity index (χ4v) is 5.73. The molecule has 6 rings (SSSR count). The lowest BCUT2D eigenvalue weighted by Gasteiger charge is -2.62. The summed E-state index contributed by atoms with van der Waals surface area (Å²) in [4.78, 5) is 5.40. The lowest BCUT2D eigenvalue weighted by molar-refractivity contribution is -1.14. The Balaban J connectivity index is 1.61. The third-order valence-corrected chi connectivity index (χ3v) is 7.25. The van der Waals surface area contributed by atoms with Gasteiger partial charge in [0.25, 0.3) is 0 Å². The van der Waals surface area contributed by atoms with Gasteiger partial charge in [-0.1, -0.05) is 13.3 Å². The highest BCUT2D eigenvalue weighted by molar-refractivity contribution is 4.77. The van der Waals surface area contributed by atoms with Gasteiger partial charge in [0.15, 0.2) is 0 Å². The second-order valence-electron chi connectivity index (χ2n) is 8.08. The molecule has 0 aromatic rings. The fraction of sp³-hybridized carbons (Fsp3) is 1.00. The summed E-state index contributed by atoms with van der Waals surface area (Å²) >= 11 is 0. The van der Waals surface area contributed by atoms with Gasteiger partial charge in [-0.2, -0.15) is 0 Å². The number of hydrogen-bond donors (Lipinski definition) is 0. The SMILES string of the molecule is CCCCC([N+]12CCN(CC1)CC2)[N+]12CCN(CC1)CC2. The quantitative estimate of drug-likeness (QED) is 0.692. The molecule has 6 saturated heterocycles. The minimum Gasteiger partial charge on any atom is -0.287 e. The normalized spacial score (nSPS) is 46.7. The van der Waals surface area contributed by atoms with E-state index in [1.807, 2.05) is 0 Å². The van der Waals surface area contributed by atoms with Crippen molar-refractivity contribution >= 4 is 0 Å². The van der Waals surface area contributed by atoms with E-state index in [4.69, 9.17) is 0 Å². The summed E-state index contributed by atoms with van der Waals surface area (Å²) in [7, 11) is 0. The Morgan fingerprint density at radius 3 is 1.43 bits per heavy atom. The van der Waals surface area contributed by atoms with E-state index in [0.29, 0.717) is 0 Å². The van der Waals surface area contributed by atoms with Gasteiger partial charge in [0.2, 0.25) is 6.17 Å². The molecular formula is C17H34N4+2. The Kier molecular flexibility index (Phi) is 3.77. The zero-order valence-electron chi connectivity index (χ0n) is 14.0. The summed E-state index contributed by atoms with van der Waals surface area (Å²) in [6.07, 6.45) is 5.22. The van der Waals surface area contributed by atoms with Crippen LogP contribution in [0, 0.1) is 0 Å². The summed E-state index contributed by atoms with van der Waals surface area (Å²) in [5.41, 5.74) is 0. The van der Waals surface area contributed by atoms with Crippen molar-refractivity contribution in [2.45, 2.75) is 32.4 Å². The van der Waals surface area contributed by atoms with Crippen LogP contribution in [0.2, 0.25) is 0 Å². The first kappa shape index (κ1) is 14.4. The molecule has 4 nitrogen and oxygen atoms in total. The van der Waals surface area contributed by atoms with Crippen molar-refractivity contribution in [1.29, 1.82) is 0 Å². The summed E-state index contributed by atoms with van der Waals surface area (Å²) in [6, 6.07) is 0. The number of nitrogens with zero attached hydrogens (tertiary/aromatic N) is 4. The Morgan fingerprint density at radius 1 is 0.714 bits per heavy atom. The lowest BCUT2D eigenvalue weighted by Crippen LogP contribution is -2.81. The molecule has 0 unspecified atom stereocenters. The Morgan fingerprint density at radius 2 is 1.10 bits per heavy atom. The van der Waals surface area contributed by atoms with Crippen LogP contribution in [0.5, 0.6) is 0 Å². The van der Waals surface area contributed by atoms with Gasteiger partial charge in [-0.3, -0.25) is 18.8 Å². The zero-order chi connectivity index (χ0) is 14.3. The molecule has 120 valence electrons. The van der Waals surface area contributed by atoms with Gasteiger partial charge in [-0.25, -0.2) is 0 Å². The maximum absolute atomic E-state index is 2.70. The van der Waals surface area contributed by atoms with Gasteiger partial charge in [-0.05, 0) is 6.42 Å². The largest absolute Gasteiger partial charge is 0.287 e. The maximum Gasteiger partial charge on any atom is 0.216 e. The summed E-state index contributed by atoms with van der Waals surface area (Å²) in [5, 5.41) is 0. The van der Waals surface area contributed by atoms with E-state index in [1.165, 1.54) is 107 Å². The third-order valence-electron chi connectivity index (χ3n) is 7.25. The molecule has 0 saturated carbocycles. The van der Waals surface area contributed by atoms with Crippen LogP contribution < -0.4 is 0 Å². The summed E-state index contributed by atoms with van der Waals surface area (Å²) in [5.74, 6) is 0. The number of fused-ring (bicyclic) bond motifs is 6. The Labute approximate surface area is 130 Å². The number of hydrogen-bond acceptors (Lipinski definition) is 2. The van der Waals surface area contributed by atoms with Crippen LogP contribution in [-0.4, -0.2) is 103 Å². The van der Waals surface area contributed by atoms with Gasteiger partial charge in [0.05, 0.1) is 45.7 Å². The maximum atomic E-state index is 2.70. The smallest absolute Gasteiger partial charge is 0.216 e. The van der Waals surface area contributed by atoms with Crippen LogP contribution in [0.1, 0.15) is 26.2 Å². The van der Waals surface area contributed by atoms with E-state index in [2.05, 4.69) is 16.7 Å². The molecule has 0 radical (unpaired) electrons. The highest BCUT2D eigenvalue weighted by Crippen LogP contribution is 2.35. The molecule has 0 aromatic heterocycles. The number of rotatable bonds is 5. The zero-order valence-corrected chi connectivity index (χ0v) is 14.0. The minimum atomic E-state index is 0.926. The average Bonchev–Trinajstić information content (AvgIpc) is 2.58. The van der Waals surface area contributed by atoms with E-state index in [0.717, 1.165) is 6.17 Å². The predicted octanol–water partition coefficient (Wildman–Crippen LogP) is 0.795. The van der Waals surface area contributed by atoms with Crippen molar-refractivity contribution in [3.05, 3.63) is 0 Å². The number of piperazine rings is 6. The van der Waals surface area contributed by atoms with Crippen molar-refractivity contribution in [2.75, 3.05) is 78.5 Å². The third kappa shape index (κ3) is 2.35. The van der Waals surface area contributed by atoms with Gasteiger partial charge >= 0.3 is 0 Å². The molecule has 6 aliphatic heterocycles. The van der Waals surface area contributed by atoms with E-state index < -0.39 is 0 Å². The van der Waals surface area contributed by atoms with E-state index >= 15 is 0 Å². The van der Waals surface area contributed by atoms with Crippen molar-refractivity contribution in [3.8, 4) is 0 Å². The van der Waals surface area contributed by atoms with E-state index in [1.54, 1.807) is 0 Å². The molecule has 6 heterocycles. The molecule has 0 aliphatic carbocycles. The topological polar surface area (TPSA) is 6.48 Å². The predicted molar refractivity (Wildman–Crippen MR) is 85.9 cm³/mol. The number of quaternary nitrogens is 2. The Bertz CT molecular complexity index is 307. The molecule has 6 fully saturated rings. The summed E-state index contributed by atoms with van der Waals surface area (Å²) in [6.45, 7) is 19.2. The second kappa shape index (κ2) is 5.48. The molecule has 0 aromatic carbocycles. The standard InChI is InChI=1S/C17H34N4/c1-2-3-4-17(20-11-5-18(6-12-20)7-13-20)21-14-8-19(9-15-21)10-16-21/h17H,2-16H2,1H3/q+2. The van der Waals surface area contributed by atoms with Gasteiger partial charge in [0, 0.05) is 39.3 Å². The molecule has 4 bridgehead atoms. The van der Waals surface area contributed by atoms with Crippen LogP contribution in [0.4, 0.5) is 0 Å². The van der Waals surface area contributed by atoms with Crippen molar-refractivity contribution in [2.24, 2.45) is 0 Å². The molecule has 0 atom stereocenters. The second-order valence-corrected chi connectivity index (χ2v) is 8.08. The molecule has 21 heavy (non-hydrogen) atoms. The van der Waals surface area contributed by atoms with Gasteiger partial charge in [0.1, 0.15) is 0 Å². The first-order chi connectivity index (χ1) is 10.3. The van der Waals surface area contributed by atoms with E-state index in [9.17, 15) is 0 Å². The highest BCUT2D eigenvalue weighted by atomic mass is 15.6. The first-order valence-corrected chi connectivity index (χ1v) is 9.43. The van der Waals surface area contributed by atoms with Gasteiger partial charge in [-0.15, -0.1) is 0 Å². The minimum absolute atomic E-state index is 0.926. The molecule has 4 heteroatoms. The highest BCUT2D eigenvalue weighted by Gasteiger charge is 2.55. The lowest BCUT2D eigenvalue weighted by atomic mass is 9.99. The first-order valence-electron chi connectivity index (χ1n) is 9.43. The van der Waals surface area contributed by atoms with Crippen molar-refractivity contribution < 1.29 is 8.97 Å². The van der Waals surface area contributed by atoms with Crippen LogP contribution in [-0.2, 0) is 0 Å². The number of unbranched alkanes of at least 4 members (excludes halogenated alkanes) is 1. The van der Waals surface area contributed by atoms with Crippen LogP contribution >= 0.6 is 0 Å². The average molecular weight is 294 g/mol. The van der Waals surface area contributed by atoms with Crippen molar-refractivity contribution in [3.63, 3.8) is 0 Å². The summed E-state index contributed by atoms with van der Waals surface area (Å²) < 4.78 is 2.97. The monoisotopic (exact) mass is 294 g/mol. The molecule has 0 amide bonds. The molecule has 0 spiro atoms. The molecular weight excluding hydrogens is 260 g/mol. The Hall–Kier alpha value is -0.160. The van der Waals surface area contributed by atoms with E-state index in [-0.39, 0.29) is 0 Å². The van der Waals surface area contributed by atoms with Gasteiger partial charge < -0.3 is 0 Å².